The quantitative estimate of drug-likeness (QED) is 0.590. The van der Waals surface area contributed by atoms with Gasteiger partial charge in [-0.25, -0.2) is 9.18 Å². The smallest absolute Gasteiger partial charge is 0.338 e. The molecule has 1 amide bonds. The topological polar surface area (TPSA) is 74.8 Å². The number of carbonyl (C=O) groups is 2. The fraction of sp³-hybridized carbons (Fsp3) is 0.611. The highest BCUT2D eigenvalue weighted by atomic mass is 19.1. The van der Waals surface area contributed by atoms with Gasteiger partial charge in [-0.1, -0.05) is 0 Å². The van der Waals surface area contributed by atoms with Crippen molar-refractivity contribution < 1.29 is 18.7 Å². The molecular weight excluding hydrogens is 339 g/mol. The van der Waals surface area contributed by atoms with Crippen molar-refractivity contribution in [1.29, 1.82) is 0 Å². The number of carbonyl (C=O) groups excluding carboxylic acids is 2. The first-order valence-electron chi connectivity index (χ1n) is 8.72. The van der Waals surface area contributed by atoms with E-state index in [9.17, 15) is 14.0 Å². The molecule has 146 valence electrons. The first kappa shape index (κ1) is 22.0. The molecular formula is C18H29FN4O3. The summed E-state index contributed by atoms with van der Waals surface area (Å²) in [5.41, 5.74) is 0.918. The normalized spacial score (nSPS) is 12.1. The number of amides is 1. The Morgan fingerprint density at radius 2 is 2.08 bits per heavy atom. The lowest BCUT2D eigenvalue weighted by atomic mass is 10.2. The van der Waals surface area contributed by atoms with Crippen molar-refractivity contribution in [1.82, 2.24) is 20.1 Å². The van der Waals surface area contributed by atoms with Gasteiger partial charge in [0.15, 0.2) is 0 Å². The lowest BCUT2D eigenvalue weighted by Gasteiger charge is -2.23. The fourth-order valence-electron chi connectivity index (χ4n) is 2.16. The number of esters is 1. The Balaban J connectivity index is 2.48. The number of likely N-dealkylation sites (N-methyl/N-ethyl adjacent to an activating group) is 2. The average molecular weight is 368 g/mol. The molecule has 1 unspecified atom stereocenters. The van der Waals surface area contributed by atoms with E-state index in [2.05, 4.69) is 10.3 Å². The molecule has 8 heteroatoms. The minimum atomic E-state index is -1.21. The second-order valence-corrected chi connectivity index (χ2v) is 6.30. The SMILES string of the molecule is CCN(CCN(C)C)C(=O)CNCc1cc(C(=O)OCC(C)F)ccn1. The summed E-state index contributed by atoms with van der Waals surface area (Å²) < 4.78 is 17.6. The van der Waals surface area contributed by atoms with Gasteiger partial charge in [0.1, 0.15) is 12.8 Å². The van der Waals surface area contributed by atoms with Crippen molar-refractivity contribution in [3.8, 4) is 0 Å². The van der Waals surface area contributed by atoms with Gasteiger partial charge in [0, 0.05) is 32.4 Å². The molecule has 1 aromatic heterocycles. The fourth-order valence-corrected chi connectivity index (χ4v) is 2.16. The summed E-state index contributed by atoms with van der Waals surface area (Å²) in [6.45, 7) is 5.67. The van der Waals surface area contributed by atoms with E-state index in [1.54, 1.807) is 11.0 Å². The van der Waals surface area contributed by atoms with Gasteiger partial charge in [-0.05, 0) is 40.1 Å². The molecule has 1 rings (SSSR count). The molecule has 0 radical (unpaired) electrons. The van der Waals surface area contributed by atoms with Crippen LogP contribution in [0.2, 0.25) is 0 Å². The van der Waals surface area contributed by atoms with Gasteiger partial charge in [0.05, 0.1) is 17.8 Å². The molecule has 7 nitrogen and oxygen atoms in total. The molecule has 0 aliphatic rings. The maximum absolute atomic E-state index is 12.8. The predicted molar refractivity (Wildman–Crippen MR) is 97.6 cm³/mol. The zero-order valence-corrected chi connectivity index (χ0v) is 16.0. The van der Waals surface area contributed by atoms with Crippen LogP contribution in [0.15, 0.2) is 18.3 Å². The Hall–Kier alpha value is -2.06. The molecule has 26 heavy (non-hydrogen) atoms. The van der Waals surface area contributed by atoms with E-state index in [4.69, 9.17) is 4.74 Å². The Morgan fingerprint density at radius 1 is 1.35 bits per heavy atom. The van der Waals surface area contributed by atoms with Gasteiger partial charge in [-0.15, -0.1) is 0 Å². The van der Waals surface area contributed by atoms with E-state index < -0.39 is 12.1 Å². The summed E-state index contributed by atoms with van der Waals surface area (Å²) >= 11 is 0. The highest BCUT2D eigenvalue weighted by Gasteiger charge is 2.13. The summed E-state index contributed by atoms with van der Waals surface area (Å²) in [6.07, 6.45) is 0.283. The molecule has 1 aromatic rings. The van der Waals surface area contributed by atoms with E-state index in [1.807, 2.05) is 25.9 Å². The number of pyridine rings is 1. The number of hydrogen-bond donors (Lipinski definition) is 1. The summed E-state index contributed by atoms with van der Waals surface area (Å²) in [5, 5.41) is 3.04. The van der Waals surface area contributed by atoms with Crippen LogP contribution in [0.5, 0.6) is 0 Å². The van der Waals surface area contributed by atoms with Gasteiger partial charge in [-0.2, -0.15) is 0 Å². The number of hydrogen-bond acceptors (Lipinski definition) is 6. The Bertz CT molecular complexity index is 581. The van der Waals surface area contributed by atoms with Gasteiger partial charge in [-0.3, -0.25) is 9.78 Å². The maximum atomic E-state index is 12.8. The third-order valence-electron chi connectivity index (χ3n) is 3.63. The molecule has 0 aromatic carbocycles. The summed E-state index contributed by atoms with van der Waals surface area (Å²) in [7, 11) is 3.93. The number of nitrogens with one attached hydrogen (secondary N) is 1. The van der Waals surface area contributed by atoms with E-state index in [-0.39, 0.29) is 19.1 Å². The van der Waals surface area contributed by atoms with E-state index in [0.717, 1.165) is 6.54 Å². The van der Waals surface area contributed by atoms with Gasteiger partial charge < -0.3 is 19.9 Å². The zero-order chi connectivity index (χ0) is 19.5. The molecule has 0 spiro atoms. The van der Waals surface area contributed by atoms with Crippen molar-refractivity contribution in [3.05, 3.63) is 29.6 Å². The highest BCUT2D eigenvalue weighted by molar-refractivity contribution is 5.89. The minimum Gasteiger partial charge on any atom is -0.459 e. The number of alkyl halides is 1. The number of nitrogens with zero attached hydrogens (tertiary/aromatic N) is 3. The van der Waals surface area contributed by atoms with Crippen LogP contribution in [0, 0.1) is 0 Å². The van der Waals surface area contributed by atoms with E-state index in [0.29, 0.717) is 30.9 Å². The van der Waals surface area contributed by atoms with Crippen LogP contribution in [0.4, 0.5) is 4.39 Å². The maximum Gasteiger partial charge on any atom is 0.338 e. The highest BCUT2D eigenvalue weighted by Crippen LogP contribution is 2.05. The summed E-state index contributed by atoms with van der Waals surface area (Å²) in [4.78, 5) is 32.0. The van der Waals surface area contributed by atoms with Gasteiger partial charge in [0.2, 0.25) is 5.91 Å². The summed E-state index contributed by atoms with van der Waals surface area (Å²) in [6, 6.07) is 3.09. The molecule has 0 bridgehead atoms. The average Bonchev–Trinajstić information content (AvgIpc) is 2.60. The van der Waals surface area contributed by atoms with Gasteiger partial charge >= 0.3 is 5.97 Å². The lowest BCUT2D eigenvalue weighted by molar-refractivity contribution is -0.130. The molecule has 0 saturated carbocycles. The molecule has 0 aliphatic carbocycles. The van der Waals surface area contributed by atoms with Crippen LogP contribution in [0.1, 0.15) is 29.9 Å². The monoisotopic (exact) mass is 368 g/mol. The van der Waals surface area contributed by atoms with Crippen molar-refractivity contribution in [2.45, 2.75) is 26.6 Å². The Morgan fingerprint density at radius 3 is 2.69 bits per heavy atom. The number of rotatable bonds is 11. The van der Waals surface area contributed by atoms with Crippen molar-refractivity contribution in [2.24, 2.45) is 0 Å². The molecule has 0 aliphatic heterocycles. The summed E-state index contributed by atoms with van der Waals surface area (Å²) in [5.74, 6) is -0.572. The lowest BCUT2D eigenvalue weighted by Crippen LogP contribution is -2.41. The first-order chi connectivity index (χ1) is 12.3. The van der Waals surface area contributed by atoms with Crippen LogP contribution in [-0.4, -0.2) is 79.7 Å². The van der Waals surface area contributed by atoms with Gasteiger partial charge in [0.25, 0.3) is 0 Å². The second-order valence-electron chi connectivity index (χ2n) is 6.30. The molecule has 1 heterocycles. The zero-order valence-electron chi connectivity index (χ0n) is 16.0. The molecule has 1 N–H and O–H groups in total. The van der Waals surface area contributed by atoms with E-state index in [1.165, 1.54) is 19.2 Å². The van der Waals surface area contributed by atoms with Crippen LogP contribution in [0.25, 0.3) is 0 Å². The first-order valence-corrected chi connectivity index (χ1v) is 8.72. The van der Waals surface area contributed by atoms with Crippen LogP contribution in [-0.2, 0) is 16.1 Å². The largest absolute Gasteiger partial charge is 0.459 e. The third-order valence-corrected chi connectivity index (χ3v) is 3.63. The third kappa shape index (κ3) is 8.35. The van der Waals surface area contributed by atoms with E-state index >= 15 is 0 Å². The Kier molecular flexibility index (Phi) is 9.75. The van der Waals surface area contributed by atoms with Crippen molar-refractivity contribution in [3.63, 3.8) is 0 Å². The predicted octanol–water partition coefficient (Wildman–Crippen LogP) is 1.10. The Labute approximate surface area is 154 Å². The van der Waals surface area contributed by atoms with Crippen molar-refractivity contribution in [2.75, 3.05) is 46.9 Å². The number of ether oxygens (including phenoxy) is 1. The minimum absolute atomic E-state index is 0.0156. The van der Waals surface area contributed by atoms with Crippen LogP contribution in [0.3, 0.4) is 0 Å². The van der Waals surface area contributed by atoms with Crippen LogP contribution < -0.4 is 5.32 Å². The number of halogens is 1. The molecule has 0 fully saturated rings. The standard InChI is InChI=1S/C18H29FN4O3/c1-5-23(9-8-22(3)4)17(24)12-20-11-16-10-15(6-7-21-16)18(25)26-13-14(2)19/h6-7,10,14,20H,5,8-9,11-13H2,1-4H3. The van der Waals surface area contributed by atoms with Crippen molar-refractivity contribution >= 4 is 11.9 Å². The number of aromatic nitrogens is 1. The van der Waals surface area contributed by atoms with Crippen LogP contribution >= 0.6 is 0 Å². The second kappa shape index (κ2) is 11.5. The molecule has 0 saturated heterocycles. The molecule has 1 atom stereocenters.